The molecule has 0 fully saturated rings. The molecule has 6 nitrogen and oxygen atoms in total. The van der Waals surface area contributed by atoms with Crippen LogP contribution in [0.15, 0.2) is 53.0 Å². The number of benzene rings is 1. The van der Waals surface area contributed by atoms with Crippen molar-refractivity contribution in [3.05, 3.63) is 64.7 Å². The van der Waals surface area contributed by atoms with E-state index in [4.69, 9.17) is 10.2 Å². The number of nitrogens with zero attached hydrogens (tertiary/aromatic N) is 4. The topological polar surface area (TPSA) is 83.1 Å². The van der Waals surface area contributed by atoms with Crippen LogP contribution in [0.2, 0.25) is 0 Å². The Morgan fingerprint density at radius 1 is 1.28 bits per heavy atom. The van der Waals surface area contributed by atoms with Gasteiger partial charge in [-0.25, -0.2) is 9.50 Å². The maximum atomic E-state index is 12.4. The molecule has 0 atom stereocenters. The Morgan fingerprint density at radius 2 is 2.07 bits per heavy atom. The Hall–Kier alpha value is -3.15. The van der Waals surface area contributed by atoms with Gasteiger partial charge in [0.05, 0.1) is 28.2 Å². The molecule has 144 valence electrons. The van der Waals surface area contributed by atoms with E-state index in [-0.39, 0.29) is 11.7 Å². The summed E-state index contributed by atoms with van der Waals surface area (Å²) < 4.78 is 1.82. The number of fused-ring (bicyclic) bond motifs is 1. The molecule has 3 heterocycles. The summed E-state index contributed by atoms with van der Waals surface area (Å²) in [5.41, 5.74) is 5.23. The van der Waals surface area contributed by atoms with Crippen LogP contribution < -0.4 is 5.32 Å². The maximum Gasteiger partial charge on any atom is 0.235 e. The molecule has 0 bridgehead atoms. The Bertz CT molecular complexity index is 1240. The fourth-order valence-electron chi connectivity index (χ4n) is 3.08. The van der Waals surface area contributed by atoms with Crippen LogP contribution in [-0.4, -0.2) is 26.3 Å². The van der Waals surface area contributed by atoms with E-state index in [0.29, 0.717) is 15.7 Å². The molecule has 1 N–H and O–H groups in total. The highest BCUT2D eigenvalue weighted by atomic mass is 32.2. The van der Waals surface area contributed by atoms with Gasteiger partial charge in [0.2, 0.25) is 5.91 Å². The summed E-state index contributed by atoms with van der Waals surface area (Å²) in [5.74, 6) is -0.0125. The van der Waals surface area contributed by atoms with Crippen molar-refractivity contribution in [2.24, 2.45) is 0 Å². The van der Waals surface area contributed by atoms with Crippen LogP contribution in [0.25, 0.3) is 16.8 Å². The fraction of sp³-hybridized carbons (Fsp3) is 0.143. The predicted molar refractivity (Wildman–Crippen MR) is 116 cm³/mol. The minimum absolute atomic E-state index is 0.171. The minimum atomic E-state index is -0.184. The van der Waals surface area contributed by atoms with Crippen molar-refractivity contribution in [3.8, 4) is 17.3 Å². The molecule has 0 spiro atoms. The van der Waals surface area contributed by atoms with Gasteiger partial charge in [0.1, 0.15) is 11.1 Å². The van der Waals surface area contributed by atoms with Crippen molar-refractivity contribution in [1.29, 1.82) is 5.26 Å². The van der Waals surface area contributed by atoms with Gasteiger partial charge in [-0.2, -0.15) is 10.4 Å². The van der Waals surface area contributed by atoms with E-state index in [0.717, 1.165) is 28.0 Å². The highest BCUT2D eigenvalue weighted by Gasteiger charge is 2.18. The Kier molecular flexibility index (Phi) is 5.34. The van der Waals surface area contributed by atoms with E-state index in [2.05, 4.69) is 16.5 Å². The molecule has 4 aromatic rings. The van der Waals surface area contributed by atoms with Gasteiger partial charge in [-0.1, -0.05) is 42.1 Å². The first kappa shape index (κ1) is 19.2. The molecule has 1 aromatic carbocycles. The van der Waals surface area contributed by atoms with Gasteiger partial charge >= 0.3 is 0 Å². The number of hydrogen-bond donors (Lipinski definition) is 1. The van der Waals surface area contributed by atoms with Gasteiger partial charge in [-0.3, -0.25) is 4.79 Å². The van der Waals surface area contributed by atoms with Crippen LogP contribution >= 0.6 is 23.1 Å². The van der Waals surface area contributed by atoms with Crippen molar-refractivity contribution in [1.82, 2.24) is 14.6 Å². The molecule has 29 heavy (non-hydrogen) atoms. The summed E-state index contributed by atoms with van der Waals surface area (Å²) in [6.07, 6.45) is 0. The van der Waals surface area contributed by atoms with Crippen molar-refractivity contribution >= 4 is 39.5 Å². The van der Waals surface area contributed by atoms with Gasteiger partial charge in [-0.05, 0) is 36.9 Å². The van der Waals surface area contributed by atoms with Crippen molar-refractivity contribution in [2.75, 3.05) is 11.1 Å². The van der Waals surface area contributed by atoms with Crippen molar-refractivity contribution < 1.29 is 4.79 Å². The second-order valence-corrected chi connectivity index (χ2v) is 8.31. The largest absolute Gasteiger partial charge is 0.316 e. The van der Waals surface area contributed by atoms with Crippen LogP contribution in [-0.2, 0) is 4.79 Å². The molecular weight excluding hydrogens is 402 g/mol. The summed E-state index contributed by atoms with van der Waals surface area (Å²) in [6, 6.07) is 15.8. The zero-order valence-corrected chi connectivity index (χ0v) is 17.5. The molecule has 0 saturated heterocycles. The number of aryl methyl sites for hydroxylation is 2. The quantitative estimate of drug-likeness (QED) is 0.475. The number of anilines is 1. The third-order valence-electron chi connectivity index (χ3n) is 4.30. The lowest BCUT2D eigenvalue weighted by Gasteiger charge is -2.05. The number of carbonyl (C=O) groups is 1. The standard InChI is InChI=1S/C21H17N5OS2/c1-13-10-14(2)25-26-19(13)18(15-6-4-3-5-7-15)24-21(26)29-12-17(27)23-20-16(11-22)8-9-28-20/h3-10H,12H2,1-2H3,(H,23,27). The highest BCUT2D eigenvalue weighted by Crippen LogP contribution is 2.31. The Balaban J connectivity index is 1.64. The zero-order chi connectivity index (χ0) is 20.4. The van der Waals surface area contributed by atoms with Crippen molar-refractivity contribution in [3.63, 3.8) is 0 Å². The number of thioether (sulfide) groups is 1. The maximum absolute atomic E-state index is 12.4. The number of imidazole rings is 1. The molecular formula is C21H17N5OS2. The van der Waals surface area contributed by atoms with E-state index < -0.39 is 0 Å². The second kappa shape index (κ2) is 8.07. The summed E-state index contributed by atoms with van der Waals surface area (Å²) >= 11 is 2.66. The van der Waals surface area contributed by atoms with Crippen LogP contribution in [0.3, 0.4) is 0 Å². The second-order valence-electron chi connectivity index (χ2n) is 6.45. The van der Waals surface area contributed by atoms with Gasteiger partial charge < -0.3 is 5.32 Å². The summed E-state index contributed by atoms with van der Waals surface area (Å²) in [6.45, 7) is 3.98. The number of nitriles is 1. The van der Waals surface area contributed by atoms with E-state index in [1.807, 2.05) is 54.8 Å². The number of thiophene rings is 1. The molecule has 1 amide bonds. The molecule has 0 unspecified atom stereocenters. The van der Waals surface area contributed by atoms with Gasteiger partial charge in [0.15, 0.2) is 5.16 Å². The smallest absolute Gasteiger partial charge is 0.235 e. The monoisotopic (exact) mass is 419 g/mol. The molecule has 0 aliphatic rings. The lowest BCUT2D eigenvalue weighted by Crippen LogP contribution is -2.14. The lowest BCUT2D eigenvalue weighted by atomic mass is 10.1. The number of aromatic nitrogens is 3. The summed E-state index contributed by atoms with van der Waals surface area (Å²) in [5, 5.41) is 19.5. The van der Waals surface area contributed by atoms with Crippen LogP contribution in [0.1, 0.15) is 16.8 Å². The number of hydrogen-bond acceptors (Lipinski definition) is 6. The normalized spacial score (nSPS) is 10.8. The van der Waals surface area contributed by atoms with Gasteiger partial charge in [0.25, 0.3) is 0 Å². The molecule has 0 aliphatic heterocycles. The first-order chi connectivity index (χ1) is 14.1. The van der Waals surface area contributed by atoms with Crippen LogP contribution in [0.5, 0.6) is 0 Å². The van der Waals surface area contributed by atoms with E-state index >= 15 is 0 Å². The molecule has 3 aromatic heterocycles. The lowest BCUT2D eigenvalue weighted by molar-refractivity contribution is -0.113. The van der Waals surface area contributed by atoms with Crippen molar-refractivity contribution in [2.45, 2.75) is 19.0 Å². The first-order valence-corrected chi connectivity index (χ1v) is 10.8. The Labute approximate surface area is 176 Å². The van der Waals surface area contributed by atoms with Gasteiger partial charge in [-0.15, -0.1) is 11.3 Å². The highest BCUT2D eigenvalue weighted by molar-refractivity contribution is 7.99. The molecule has 8 heteroatoms. The minimum Gasteiger partial charge on any atom is -0.316 e. The van der Waals surface area contributed by atoms with Crippen LogP contribution in [0.4, 0.5) is 5.00 Å². The Morgan fingerprint density at radius 3 is 2.83 bits per heavy atom. The number of nitrogens with one attached hydrogen (secondary N) is 1. The molecule has 4 rings (SSSR count). The zero-order valence-electron chi connectivity index (χ0n) is 15.8. The van der Waals surface area contributed by atoms with Gasteiger partial charge in [0, 0.05) is 5.56 Å². The average Bonchev–Trinajstić information content (AvgIpc) is 3.31. The van der Waals surface area contributed by atoms with E-state index in [1.165, 1.54) is 23.1 Å². The molecule has 0 saturated carbocycles. The predicted octanol–water partition coefficient (Wildman–Crippen LogP) is 4.68. The first-order valence-electron chi connectivity index (χ1n) is 8.89. The third kappa shape index (κ3) is 3.88. The molecule has 0 aliphatic carbocycles. The third-order valence-corrected chi connectivity index (χ3v) is 6.06. The number of rotatable bonds is 5. The number of carbonyl (C=O) groups excluding carboxylic acids is 1. The van der Waals surface area contributed by atoms with Crippen LogP contribution in [0, 0.1) is 25.2 Å². The fourth-order valence-corrected chi connectivity index (χ4v) is 4.58. The van der Waals surface area contributed by atoms with E-state index in [9.17, 15) is 4.79 Å². The summed E-state index contributed by atoms with van der Waals surface area (Å²) in [4.78, 5) is 17.2. The SMILES string of the molecule is Cc1cc(C)c2c(-c3ccccc3)nc(SCC(=O)Nc3sccc3C#N)n2n1. The summed E-state index contributed by atoms with van der Waals surface area (Å²) in [7, 11) is 0. The molecule has 0 radical (unpaired) electrons. The average molecular weight is 420 g/mol. The van der Waals surface area contributed by atoms with E-state index in [1.54, 1.807) is 11.4 Å². The number of amides is 1.